The average Bonchev–Trinajstić information content (AvgIpc) is 3.22. The van der Waals surface area contributed by atoms with E-state index in [1.165, 1.54) is 77.2 Å². The molecule has 0 nitrogen and oxygen atoms in total. The van der Waals surface area contributed by atoms with Crippen molar-refractivity contribution in [3.05, 3.63) is 138 Å². The van der Waals surface area contributed by atoms with Crippen molar-refractivity contribution in [3.8, 4) is 33.4 Å². The molecule has 2 aliphatic carbocycles. The average molecular weight is 499 g/mol. The van der Waals surface area contributed by atoms with E-state index in [0.717, 1.165) is 12.8 Å². The zero-order valence-electron chi connectivity index (χ0n) is 22.5. The Kier molecular flexibility index (Phi) is 4.79. The Bertz CT molecular complexity index is 1980. The number of rotatable bonds is 2. The Balaban J connectivity index is 1.20. The molecule has 0 heteroatoms. The monoisotopic (exact) mass is 498 g/mol. The number of hydrogen-bond acceptors (Lipinski definition) is 0. The molecule has 0 fully saturated rings. The molecule has 2 aliphatic rings. The number of allylic oxidation sites excluding steroid dienone is 1. The maximum absolute atomic E-state index is 2.44. The quantitative estimate of drug-likeness (QED) is 0.223. The van der Waals surface area contributed by atoms with Gasteiger partial charge in [-0.3, -0.25) is 0 Å². The molecule has 0 heterocycles. The Labute approximate surface area is 230 Å². The number of hydrogen-bond donors (Lipinski definition) is 0. The Morgan fingerprint density at radius 2 is 1.13 bits per heavy atom. The first-order valence-corrected chi connectivity index (χ1v) is 14.1. The first kappa shape index (κ1) is 22.6. The van der Waals surface area contributed by atoms with Crippen LogP contribution < -0.4 is 0 Å². The van der Waals surface area contributed by atoms with Gasteiger partial charge in [0.05, 0.1) is 0 Å². The lowest BCUT2D eigenvalue weighted by atomic mass is 9.80. The molecule has 0 N–H and O–H groups in total. The van der Waals surface area contributed by atoms with Crippen LogP contribution in [0.4, 0.5) is 0 Å². The van der Waals surface area contributed by atoms with E-state index >= 15 is 0 Å². The number of fused-ring (bicyclic) bond motifs is 7. The molecule has 39 heavy (non-hydrogen) atoms. The molecule has 6 aromatic rings. The first-order valence-electron chi connectivity index (χ1n) is 14.1. The molecule has 0 aliphatic heterocycles. The van der Waals surface area contributed by atoms with E-state index in [9.17, 15) is 0 Å². The molecule has 6 aromatic carbocycles. The minimum absolute atomic E-state index is 0.0597. The summed E-state index contributed by atoms with van der Waals surface area (Å²) in [7, 11) is 0. The predicted molar refractivity (Wildman–Crippen MR) is 167 cm³/mol. The lowest BCUT2D eigenvalue weighted by Crippen LogP contribution is -2.15. The van der Waals surface area contributed by atoms with E-state index < -0.39 is 0 Å². The van der Waals surface area contributed by atoms with Gasteiger partial charge in [-0.15, -0.1) is 0 Å². The van der Waals surface area contributed by atoms with Gasteiger partial charge in [-0.25, -0.2) is 0 Å². The van der Waals surface area contributed by atoms with Gasteiger partial charge in [0.25, 0.3) is 0 Å². The summed E-state index contributed by atoms with van der Waals surface area (Å²) in [4.78, 5) is 0. The number of benzene rings is 6. The number of aryl methyl sites for hydroxylation is 1. The van der Waals surface area contributed by atoms with Gasteiger partial charge in [0.15, 0.2) is 0 Å². The zero-order chi connectivity index (χ0) is 26.1. The Morgan fingerprint density at radius 3 is 1.87 bits per heavy atom. The summed E-state index contributed by atoms with van der Waals surface area (Å²) < 4.78 is 0. The smallest absolute Gasteiger partial charge is 0.0159 e. The first-order chi connectivity index (χ1) is 19.1. The van der Waals surface area contributed by atoms with Gasteiger partial charge in [-0.2, -0.15) is 0 Å². The minimum Gasteiger partial charge on any atom is -0.0836 e. The van der Waals surface area contributed by atoms with Crippen LogP contribution in [0.1, 0.15) is 42.5 Å². The minimum atomic E-state index is -0.0597. The summed E-state index contributed by atoms with van der Waals surface area (Å²) in [6.07, 6.45) is 6.83. The fourth-order valence-corrected chi connectivity index (χ4v) is 6.93. The molecule has 0 amide bonds. The van der Waals surface area contributed by atoms with Crippen LogP contribution in [0.5, 0.6) is 0 Å². The Hall–Kier alpha value is -4.42. The highest BCUT2D eigenvalue weighted by molar-refractivity contribution is 5.94. The summed E-state index contributed by atoms with van der Waals surface area (Å²) in [6, 6.07) is 41.2. The van der Waals surface area contributed by atoms with Crippen molar-refractivity contribution in [1.82, 2.24) is 0 Å². The van der Waals surface area contributed by atoms with Crippen LogP contribution in [-0.4, -0.2) is 0 Å². The summed E-state index contributed by atoms with van der Waals surface area (Å²) >= 11 is 0. The second-order valence-corrected chi connectivity index (χ2v) is 11.7. The van der Waals surface area contributed by atoms with E-state index in [4.69, 9.17) is 0 Å². The van der Waals surface area contributed by atoms with Crippen LogP contribution in [-0.2, 0) is 11.8 Å². The largest absolute Gasteiger partial charge is 0.0836 e. The van der Waals surface area contributed by atoms with E-state index in [1.807, 2.05) is 0 Å². The fraction of sp³-hybridized carbons (Fsp3) is 0.128. The second-order valence-electron chi connectivity index (χ2n) is 11.7. The second kappa shape index (κ2) is 8.29. The topological polar surface area (TPSA) is 0 Å². The van der Waals surface area contributed by atoms with Gasteiger partial charge in [0.1, 0.15) is 0 Å². The van der Waals surface area contributed by atoms with Crippen molar-refractivity contribution in [3.63, 3.8) is 0 Å². The highest BCUT2D eigenvalue weighted by Gasteiger charge is 2.35. The molecule has 0 bridgehead atoms. The lowest BCUT2D eigenvalue weighted by molar-refractivity contribution is 0.661. The maximum atomic E-state index is 2.44. The van der Waals surface area contributed by atoms with Gasteiger partial charge in [-0.05, 0) is 114 Å². The molecule has 0 saturated carbocycles. The van der Waals surface area contributed by atoms with E-state index in [2.05, 4.69) is 135 Å². The van der Waals surface area contributed by atoms with Crippen LogP contribution in [0.2, 0.25) is 0 Å². The van der Waals surface area contributed by atoms with E-state index in [-0.39, 0.29) is 5.41 Å². The van der Waals surface area contributed by atoms with Crippen molar-refractivity contribution in [2.24, 2.45) is 0 Å². The molecular formula is C39H30. The van der Waals surface area contributed by atoms with Crippen LogP contribution >= 0.6 is 0 Å². The molecule has 0 radical (unpaired) electrons. The van der Waals surface area contributed by atoms with Crippen molar-refractivity contribution in [2.75, 3.05) is 0 Å². The SMILES string of the molecule is CC1(C)c2cc(-c3ccc4ccccc4c3)ccc2-c2ccc(-c3ccc4c5c(ccc4c3)C=CCC5)cc21. The summed E-state index contributed by atoms with van der Waals surface area (Å²) in [5, 5.41) is 5.31. The molecule has 0 atom stereocenters. The lowest BCUT2D eigenvalue weighted by Gasteiger charge is -2.23. The van der Waals surface area contributed by atoms with Gasteiger partial charge in [0.2, 0.25) is 0 Å². The highest BCUT2D eigenvalue weighted by Crippen LogP contribution is 2.50. The fourth-order valence-electron chi connectivity index (χ4n) is 6.93. The van der Waals surface area contributed by atoms with Gasteiger partial charge in [-0.1, -0.05) is 111 Å². The van der Waals surface area contributed by atoms with Crippen LogP contribution in [0.25, 0.3) is 61.0 Å². The molecular weight excluding hydrogens is 468 g/mol. The molecule has 8 rings (SSSR count). The predicted octanol–water partition coefficient (Wildman–Crippen LogP) is 10.6. The van der Waals surface area contributed by atoms with E-state index in [1.54, 1.807) is 0 Å². The van der Waals surface area contributed by atoms with Gasteiger partial charge >= 0.3 is 0 Å². The maximum Gasteiger partial charge on any atom is 0.0159 e. The third-order valence-corrected chi connectivity index (χ3v) is 9.12. The normalized spacial score (nSPS) is 14.8. The van der Waals surface area contributed by atoms with Gasteiger partial charge < -0.3 is 0 Å². The van der Waals surface area contributed by atoms with Crippen molar-refractivity contribution in [2.45, 2.75) is 32.1 Å². The van der Waals surface area contributed by atoms with Crippen LogP contribution in [0.15, 0.2) is 115 Å². The third-order valence-electron chi connectivity index (χ3n) is 9.12. The Morgan fingerprint density at radius 1 is 0.538 bits per heavy atom. The highest BCUT2D eigenvalue weighted by atomic mass is 14.4. The van der Waals surface area contributed by atoms with Crippen molar-refractivity contribution >= 4 is 27.6 Å². The van der Waals surface area contributed by atoms with Crippen LogP contribution in [0, 0.1) is 0 Å². The molecule has 0 aromatic heterocycles. The van der Waals surface area contributed by atoms with Crippen molar-refractivity contribution in [1.29, 1.82) is 0 Å². The van der Waals surface area contributed by atoms with Crippen molar-refractivity contribution < 1.29 is 0 Å². The third kappa shape index (κ3) is 3.45. The summed E-state index contributed by atoms with van der Waals surface area (Å²) in [5.41, 5.74) is 13.5. The van der Waals surface area contributed by atoms with E-state index in [0.29, 0.717) is 0 Å². The molecule has 186 valence electrons. The zero-order valence-corrected chi connectivity index (χ0v) is 22.5. The molecule has 0 saturated heterocycles. The standard InChI is InChI=1S/C39H30/c1-39(2)37-23-30(28-13-11-25-7-3-4-9-27(25)21-28)16-19-35(37)36-20-17-31(24-38(36)39)29-15-18-34-32(22-29)14-12-26-8-5-6-10-33(26)34/h3-5,7-9,11-24H,6,10H2,1-2H3. The molecule has 0 unspecified atom stereocenters. The van der Waals surface area contributed by atoms with Crippen LogP contribution in [0.3, 0.4) is 0 Å². The molecule has 0 spiro atoms. The summed E-state index contributed by atoms with van der Waals surface area (Å²) in [6.45, 7) is 4.76. The summed E-state index contributed by atoms with van der Waals surface area (Å²) in [5.74, 6) is 0. The van der Waals surface area contributed by atoms with Gasteiger partial charge in [0, 0.05) is 5.41 Å².